The molecule has 0 bridgehead atoms. The van der Waals surface area contributed by atoms with Gasteiger partial charge >= 0.3 is 5.69 Å². The van der Waals surface area contributed by atoms with Gasteiger partial charge in [-0.2, -0.15) is 0 Å². The van der Waals surface area contributed by atoms with E-state index in [1.807, 2.05) is 29.8 Å². The largest absolute Gasteiger partial charge is 0.352 e. The number of thiophene rings is 1. The van der Waals surface area contributed by atoms with Gasteiger partial charge in [-0.15, -0.1) is 28.2 Å². The molecule has 0 unspecified atom stereocenters. The van der Waals surface area contributed by atoms with Crippen molar-refractivity contribution in [3.8, 4) is 11.1 Å². The third kappa shape index (κ3) is 3.67. The van der Waals surface area contributed by atoms with Crippen molar-refractivity contribution in [1.82, 2.24) is 19.2 Å². The molecule has 3 heterocycles. The van der Waals surface area contributed by atoms with E-state index in [9.17, 15) is 14.0 Å². The Hall–Kier alpha value is -3.50. The van der Waals surface area contributed by atoms with Crippen LogP contribution in [0, 0.1) is 5.82 Å². The molecule has 0 aliphatic heterocycles. The predicted octanol–water partition coefficient (Wildman–Crippen LogP) is 4.27. The molecule has 0 aliphatic carbocycles. The zero-order valence-electron chi connectivity index (χ0n) is 16.8. The molecule has 0 saturated carbocycles. The van der Waals surface area contributed by atoms with Gasteiger partial charge in [-0.05, 0) is 42.2 Å². The summed E-state index contributed by atoms with van der Waals surface area (Å²) in [6.07, 6.45) is 3.36. The molecular weight excluding hydrogens is 449 g/mol. The second kappa shape index (κ2) is 8.21. The van der Waals surface area contributed by atoms with Crippen molar-refractivity contribution in [3.63, 3.8) is 0 Å². The number of anilines is 1. The molecule has 10 heteroatoms. The molecule has 5 rings (SSSR count). The fourth-order valence-corrected chi connectivity index (χ4v) is 4.87. The first kappa shape index (κ1) is 20.4. The van der Waals surface area contributed by atoms with Crippen LogP contribution in [0.25, 0.3) is 27.0 Å². The maximum Gasteiger partial charge on any atom is 0.352 e. The third-order valence-electron chi connectivity index (χ3n) is 4.94. The number of halogens is 1. The number of amides is 1. The van der Waals surface area contributed by atoms with Crippen molar-refractivity contribution in [2.45, 2.75) is 11.4 Å². The van der Waals surface area contributed by atoms with Gasteiger partial charge in [0.1, 0.15) is 18.7 Å². The summed E-state index contributed by atoms with van der Waals surface area (Å²) in [6.45, 7) is -0.221. The number of hydrogen-bond acceptors (Lipinski definition) is 6. The van der Waals surface area contributed by atoms with E-state index >= 15 is 0 Å². The normalized spacial score (nSPS) is 11.3. The molecular formula is C22H16FN5O2S2. The summed E-state index contributed by atoms with van der Waals surface area (Å²) in [4.78, 5) is 30.8. The molecule has 32 heavy (non-hydrogen) atoms. The summed E-state index contributed by atoms with van der Waals surface area (Å²) < 4.78 is 16.5. The summed E-state index contributed by atoms with van der Waals surface area (Å²) in [5.74, 6) is -0.663. The maximum atomic E-state index is 13.3. The van der Waals surface area contributed by atoms with Gasteiger partial charge in [-0.1, -0.05) is 18.2 Å². The zero-order chi connectivity index (χ0) is 22.2. The van der Waals surface area contributed by atoms with Gasteiger partial charge < -0.3 is 5.32 Å². The average molecular weight is 466 g/mol. The Morgan fingerprint density at radius 3 is 2.81 bits per heavy atom. The minimum atomic E-state index is -0.445. The molecule has 0 saturated heterocycles. The summed E-state index contributed by atoms with van der Waals surface area (Å²) in [6, 6.07) is 13.6. The van der Waals surface area contributed by atoms with Crippen LogP contribution in [0.4, 0.5) is 10.1 Å². The van der Waals surface area contributed by atoms with Crippen molar-refractivity contribution >= 4 is 50.6 Å². The van der Waals surface area contributed by atoms with E-state index in [1.54, 1.807) is 30.0 Å². The van der Waals surface area contributed by atoms with Crippen LogP contribution in [0.1, 0.15) is 0 Å². The molecule has 0 aliphatic rings. The number of carbonyl (C=O) groups excluding carboxylic acids is 1. The Kier molecular flexibility index (Phi) is 5.24. The molecule has 1 amide bonds. The topological polar surface area (TPSA) is 81.3 Å². The van der Waals surface area contributed by atoms with Crippen molar-refractivity contribution in [3.05, 3.63) is 76.5 Å². The number of nitrogens with one attached hydrogen (secondary N) is 1. The number of aromatic nitrogens is 4. The molecule has 1 N–H and O–H groups in total. The molecule has 7 nitrogen and oxygen atoms in total. The summed E-state index contributed by atoms with van der Waals surface area (Å²) in [5, 5.41) is 9.09. The van der Waals surface area contributed by atoms with Crippen molar-refractivity contribution in [2.24, 2.45) is 0 Å². The second-order valence-corrected chi connectivity index (χ2v) is 8.75. The van der Waals surface area contributed by atoms with E-state index in [0.717, 1.165) is 25.4 Å². The molecule has 160 valence electrons. The van der Waals surface area contributed by atoms with Crippen LogP contribution in [0.2, 0.25) is 0 Å². The van der Waals surface area contributed by atoms with Gasteiger partial charge in [-0.25, -0.2) is 23.3 Å². The van der Waals surface area contributed by atoms with E-state index in [2.05, 4.69) is 15.4 Å². The first-order chi connectivity index (χ1) is 15.5. The van der Waals surface area contributed by atoms with E-state index in [1.165, 1.54) is 34.2 Å². The number of carbonyl (C=O) groups is 1. The maximum absolute atomic E-state index is 13.3. The number of nitrogens with zero attached hydrogens (tertiary/aromatic N) is 4. The van der Waals surface area contributed by atoms with Crippen LogP contribution >= 0.6 is 23.1 Å². The number of rotatable bonds is 5. The Morgan fingerprint density at radius 1 is 1.22 bits per heavy atom. The van der Waals surface area contributed by atoms with Crippen molar-refractivity contribution in [2.75, 3.05) is 11.6 Å². The third-order valence-corrected chi connectivity index (χ3v) is 6.63. The molecule has 0 atom stereocenters. The lowest BCUT2D eigenvalue weighted by molar-refractivity contribution is -0.117. The second-order valence-electron chi connectivity index (χ2n) is 6.99. The van der Waals surface area contributed by atoms with Gasteiger partial charge in [0.2, 0.25) is 5.91 Å². The Balaban J connectivity index is 1.47. The predicted molar refractivity (Wildman–Crippen MR) is 125 cm³/mol. The van der Waals surface area contributed by atoms with Crippen LogP contribution < -0.4 is 11.0 Å². The first-order valence-electron chi connectivity index (χ1n) is 9.59. The van der Waals surface area contributed by atoms with Crippen molar-refractivity contribution in [1.29, 1.82) is 0 Å². The smallest absolute Gasteiger partial charge is 0.324 e. The zero-order valence-corrected chi connectivity index (χ0v) is 18.4. The summed E-state index contributed by atoms with van der Waals surface area (Å²) in [7, 11) is 0. The van der Waals surface area contributed by atoms with Crippen molar-refractivity contribution < 1.29 is 9.18 Å². The minimum absolute atomic E-state index is 0.221. The fraction of sp³-hybridized carbons (Fsp3) is 0.0909. The fourth-order valence-electron chi connectivity index (χ4n) is 3.41. The Bertz CT molecular complexity index is 1520. The molecule has 2 aromatic carbocycles. The number of benzene rings is 2. The van der Waals surface area contributed by atoms with Crippen LogP contribution in [-0.4, -0.2) is 31.3 Å². The molecule has 0 spiro atoms. The molecule has 0 radical (unpaired) electrons. The highest BCUT2D eigenvalue weighted by Gasteiger charge is 2.17. The molecule has 3 aromatic heterocycles. The van der Waals surface area contributed by atoms with Crippen LogP contribution in [0.15, 0.2) is 69.9 Å². The molecule has 5 aromatic rings. The minimum Gasteiger partial charge on any atom is -0.324 e. The monoisotopic (exact) mass is 465 g/mol. The van der Waals surface area contributed by atoms with Gasteiger partial charge in [0.05, 0.1) is 10.2 Å². The number of fused-ring (bicyclic) bond motifs is 3. The van der Waals surface area contributed by atoms with E-state index in [0.29, 0.717) is 16.9 Å². The highest BCUT2D eigenvalue weighted by Crippen LogP contribution is 2.34. The number of thioether (sulfide) groups is 1. The van der Waals surface area contributed by atoms with Gasteiger partial charge in [0.25, 0.3) is 0 Å². The SMILES string of the molecule is CSc1cccc(NC(=O)Cn2nc3c4scc(-c5ccc(F)cc5)c4ncn3c2=O)c1. The Morgan fingerprint density at radius 2 is 2.03 bits per heavy atom. The van der Waals surface area contributed by atoms with Crippen LogP contribution in [-0.2, 0) is 11.3 Å². The summed E-state index contributed by atoms with van der Waals surface area (Å²) >= 11 is 2.97. The van der Waals surface area contributed by atoms with Gasteiger partial charge in [0, 0.05) is 21.5 Å². The van der Waals surface area contributed by atoms with Crippen LogP contribution in [0.5, 0.6) is 0 Å². The standard InChI is InChI=1S/C22H16FN5O2S2/c1-31-16-4-2-3-15(9-16)25-18(29)10-28-22(30)27-12-24-19-17(11-32-20(19)21(27)26-28)13-5-7-14(23)8-6-13/h2-9,11-12H,10H2,1H3,(H,25,29). The highest BCUT2D eigenvalue weighted by molar-refractivity contribution is 7.98. The molecule has 0 fully saturated rings. The van der Waals surface area contributed by atoms with Gasteiger partial charge in [0.15, 0.2) is 5.65 Å². The van der Waals surface area contributed by atoms with Crippen LogP contribution in [0.3, 0.4) is 0 Å². The average Bonchev–Trinajstić information content (AvgIpc) is 3.36. The first-order valence-corrected chi connectivity index (χ1v) is 11.7. The lowest BCUT2D eigenvalue weighted by atomic mass is 10.1. The van der Waals surface area contributed by atoms with E-state index in [4.69, 9.17) is 0 Å². The lowest BCUT2D eigenvalue weighted by Gasteiger charge is -2.05. The van der Waals surface area contributed by atoms with E-state index in [-0.39, 0.29) is 18.3 Å². The lowest BCUT2D eigenvalue weighted by Crippen LogP contribution is -2.28. The quantitative estimate of drug-likeness (QED) is 0.392. The highest BCUT2D eigenvalue weighted by atomic mass is 32.2. The van der Waals surface area contributed by atoms with Gasteiger partial charge in [-0.3, -0.25) is 4.79 Å². The number of hydrogen-bond donors (Lipinski definition) is 1. The summed E-state index contributed by atoms with van der Waals surface area (Å²) in [5.41, 5.74) is 2.97. The Labute approximate surface area is 189 Å². The van der Waals surface area contributed by atoms with E-state index < -0.39 is 5.69 Å².